The van der Waals surface area contributed by atoms with Crippen LogP contribution in [-0.2, 0) is 14.9 Å². The molecule has 1 aromatic carbocycles. The maximum Gasteiger partial charge on any atom is 0.340 e. The van der Waals surface area contributed by atoms with E-state index < -0.39 is 11.6 Å². The van der Waals surface area contributed by atoms with E-state index in [1.807, 2.05) is 13.1 Å². The van der Waals surface area contributed by atoms with Crippen LogP contribution in [0.3, 0.4) is 0 Å². The second-order valence-corrected chi connectivity index (χ2v) is 9.89. The summed E-state index contributed by atoms with van der Waals surface area (Å²) in [5, 5.41) is 12.2. The zero-order valence-electron chi connectivity index (χ0n) is 18.6. The van der Waals surface area contributed by atoms with Gasteiger partial charge >= 0.3 is 5.97 Å². The lowest BCUT2D eigenvalue weighted by molar-refractivity contribution is -0.201. The van der Waals surface area contributed by atoms with Gasteiger partial charge in [0.05, 0.1) is 20.3 Å². The summed E-state index contributed by atoms with van der Waals surface area (Å²) < 4.78 is 10.8. The van der Waals surface area contributed by atoms with Gasteiger partial charge in [0.1, 0.15) is 5.75 Å². The fourth-order valence-electron chi connectivity index (χ4n) is 8.06. The van der Waals surface area contributed by atoms with Crippen LogP contribution in [0.1, 0.15) is 51.0 Å². The minimum Gasteiger partial charge on any atom is -0.497 e. The molecule has 0 radical (unpaired) electrons. The number of anilines is 1. The number of piperidine rings is 2. The highest BCUT2D eigenvalue weighted by Gasteiger charge is 2.74. The Balaban J connectivity index is 1.81. The fraction of sp³-hybridized carbons (Fsp3) is 0.708. The largest absolute Gasteiger partial charge is 0.497 e. The van der Waals surface area contributed by atoms with E-state index in [9.17, 15) is 9.90 Å². The molecule has 1 aliphatic carbocycles. The Bertz CT molecular complexity index is 873. The van der Waals surface area contributed by atoms with Crippen molar-refractivity contribution < 1.29 is 19.4 Å². The maximum absolute atomic E-state index is 13.2. The Kier molecular flexibility index (Phi) is 4.43. The van der Waals surface area contributed by atoms with E-state index >= 15 is 0 Å². The number of hydrogen-bond acceptors (Lipinski definition) is 6. The minimum absolute atomic E-state index is 0.0967. The molecule has 3 fully saturated rings. The Hall–Kier alpha value is -1.79. The van der Waals surface area contributed by atoms with E-state index in [0.717, 1.165) is 56.6 Å². The molecule has 164 valence electrons. The first kappa shape index (κ1) is 20.1. The third kappa shape index (κ3) is 2.24. The smallest absolute Gasteiger partial charge is 0.340 e. The van der Waals surface area contributed by atoms with Gasteiger partial charge in [0.2, 0.25) is 0 Å². The summed E-state index contributed by atoms with van der Waals surface area (Å²) in [6, 6.07) is 6.27. The number of likely N-dealkylation sites (N-methyl/N-ethyl adjacent to an activating group) is 1. The van der Waals surface area contributed by atoms with Crippen molar-refractivity contribution in [2.75, 3.05) is 39.3 Å². The first-order valence-corrected chi connectivity index (χ1v) is 11.3. The van der Waals surface area contributed by atoms with Gasteiger partial charge in [-0.1, -0.05) is 13.0 Å². The molecule has 30 heavy (non-hydrogen) atoms. The van der Waals surface area contributed by atoms with Gasteiger partial charge in [-0.3, -0.25) is 4.90 Å². The molecule has 0 unspecified atom stereocenters. The van der Waals surface area contributed by atoms with Gasteiger partial charge in [-0.05, 0) is 68.7 Å². The predicted octanol–water partition coefficient (Wildman–Crippen LogP) is 2.71. The summed E-state index contributed by atoms with van der Waals surface area (Å²) in [6.45, 7) is 4.44. The molecule has 0 amide bonds. The number of carbonyl (C=O) groups excluding carboxylic acids is 1. The highest BCUT2D eigenvalue weighted by molar-refractivity contribution is 5.85. The van der Waals surface area contributed by atoms with E-state index in [-0.39, 0.29) is 16.9 Å². The van der Waals surface area contributed by atoms with E-state index in [4.69, 9.17) is 9.47 Å². The van der Waals surface area contributed by atoms with Gasteiger partial charge in [-0.2, -0.15) is 0 Å². The summed E-state index contributed by atoms with van der Waals surface area (Å²) in [7, 11) is 5.10. The van der Waals surface area contributed by atoms with Gasteiger partial charge < -0.3 is 19.5 Å². The maximum atomic E-state index is 13.2. The van der Waals surface area contributed by atoms with Crippen LogP contribution < -0.4 is 9.64 Å². The summed E-state index contributed by atoms with van der Waals surface area (Å²) in [4.78, 5) is 18.0. The Morgan fingerprint density at radius 3 is 2.60 bits per heavy atom. The molecule has 1 aromatic rings. The Morgan fingerprint density at radius 2 is 1.93 bits per heavy atom. The Morgan fingerprint density at radius 1 is 1.20 bits per heavy atom. The zero-order valence-corrected chi connectivity index (χ0v) is 18.6. The highest BCUT2D eigenvalue weighted by Crippen LogP contribution is 2.66. The molecule has 0 aromatic heterocycles. The van der Waals surface area contributed by atoms with Crippen LogP contribution in [0.4, 0.5) is 5.69 Å². The van der Waals surface area contributed by atoms with Crippen molar-refractivity contribution in [2.24, 2.45) is 5.41 Å². The molecular weight excluding hydrogens is 380 g/mol. The molecule has 2 saturated heterocycles. The van der Waals surface area contributed by atoms with Crippen LogP contribution >= 0.6 is 0 Å². The molecule has 6 heteroatoms. The summed E-state index contributed by atoms with van der Waals surface area (Å²) in [5.74, 6) is 0.308. The summed E-state index contributed by atoms with van der Waals surface area (Å²) in [5.41, 5.74) is 0.392. The third-order valence-electron chi connectivity index (χ3n) is 8.87. The molecule has 1 N–H and O–H groups in total. The number of rotatable bonds is 3. The van der Waals surface area contributed by atoms with Gasteiger partial charge in [0.25, 0.3) is 0 Å². The molecule has 3 heterocycles. The lowest BCUT2D eigenvalue weighted by Gasteiger charge is -2.67. The summed E-state index contributed by atoms with van der Waals surface area (Å²) in [6.07, 6.45) is 5.64. The molecule has 1 spiro atoms. The van der Waals surface area contributed by atoms with Crippen molar-refractivity contribution in [1.29, 1.82) is 0 Å². The molecule has 1 saturated carbocycles. The van der Waals surface area contributed by atoms with Crippen molar-refractivity contribution >= 4 is 11.7 Å². The van der Waals surface area contributed by atoms with Gasteiger partial charge in [0, 0.05) is 30.3 Å². The summed E-state index contributed by atoms with van der Waals surface area (Å²) >= 11 is 0. The van der Waals surface area contributed by atoms with Crippen LogP contribution in [0.2, 0.25) is 0 Å². The number of nitrogens with zero attached hydrogens (tertiary/aromatic N) is 2. The molecule has 5 atom stereocenters. The van der Waals surface area contributed by atoms with Crippen LogP contribution in [-0.4, -0.2) is 68.0 Å². The second kappa shape index (κ2) is 6.60. The predicted molar refractivity (Wildman–Crippen MR) is 115 cm³/mol. The van der Waals surface area contributed by atoms with Gasteiger partial charge in [0.15, 0.2) is 5.60 Å². The highest BCUT2D eigenvalue weighted by atomic mass is 16.5. The zero-order chi connectivity index (χ0) is 21.3. The lowest BCUT2D eigenvalue weighted by atomic mass is 9.45. The molecule has 3 aliphatic heterocycles. The van der Waals surface area contributed by atoms with Crippen molar-refractivity contribution in [1.82, 2.24) is 4.90 Å². The fourth-order valence-corrected chi connectivity index (χ4v) is 8.06. The van der Waals surface area contributed by atoms with E-state index in [0.29, 0.717) is 12.5 Å². The van der Waals surface area contributed by atoms with E-state index in [1.54, 1.807) is 7.11 Å². The van der Waals surface area contributed by atoms with E-state index in [2.05, 4.69) is 28.9 Å². The third-order valence-corrected chi connectivity index (χ3v) is 8.87. The van der Waals surface area contributed by atoms with Crippen molar-refractivity contribution in [3.05, 3.63) is 23.8 Å². The normalized spacial score (nSPS) is 39.7. The SMILES string of the molecule is CC[C@]12CCCN3CCC[C@@]4(c5ccc(OC)cc5N(C)[C@H]4[C@@](O)(C(=O)OC)C1)[C@H]32. The first-order chi connectivity index (χ1) is 14.4. The molecule has 5 rings (SSSR count). The quantitative estimate of drug-likeness (QED) is 0.768. The number of ether oxygens (including phenoxy) is 2. The monoisotopic (exact) mass is 414 g/mol. The van der Waals surface area contributed by atoms with Gasteiger partial charge in [-0.15, -0.1) is 0 Å². The molecule has 6 nitrogen and oxygen atoms in total. The second-order valence-electron chi connectivity index (χ2n) is 9.89. The van der Waals surface area contributed by atoms with Crippen molar-refractivity contribution in [2.45, 2.75) is 68.5 Å². The number of fused-ring (bicyclic) bond motifs is 1. The topological polar surface area (TPSA) is 62.2 Å². The minimum atomic E-state index is -1.54. The number of aliphatic hydroxyl groups is 1. The lowest BCUT2D eigenvalue weighted by Crippen LogP contribution is -2.79. The number of esters is 1. The Labute approximate surface area is 179 Å². The molecule has 0 bridgehead atoms. The van der Waals surface area contributed by atoms with Crippen molar-refractivity contribution in [3.63, 3.8) is 0 Å². The van der Waals surface area contributed by atoms with Crippen LogP contribution in [0.15, 0.2) is 18.2 Å². The van der Waals surface area contributed by atoms with Gasteiger partial charge in [-0.25, -0.2) is 4.79 Å². The average molecular weight is 415 g/mol. The number of carbonyl (C=O) groups is 1. The molecular formula is C24H34N2O4. The average Bonchev–Trinajstić information content (AvgIpc) is 3.01. The van der Waals surface area contributed by atoms with Crippen molar-refractivity contribution in [3.8, 4) is 5.75 Å². The number of benzene rings is 1. The standard InChI is InChI=1S/C24H34N2O4/c1-5-22-10-6-12-26-13-7-11-23(19(22)26)17-9-8-16(29-3)14-18(17)25(2)20(23)24(28,15-22)21(27)30-4/h8-9,14,19-20,28H,5-7,10-13,15H2,1-4H3/t19-,20-,22+,23-,24-/m1/s1. The van der Waals surface area contributed by atoms with Crippen LogP contribution in [0.25, 0.3) is 0 Å². The molecule has 4 aliphatic rings. The van der Waals surface area contributed by atoms with E-state index in [1.165, 1.54) is 12.7 Å². The van der Waals surface area contributed by atoms with Crippen LogP contribution in [0.5, 0.6) is 5.75 Å². The number of methoxy groups -OCH3 is 2. The van der Waals surface area contributed by atoms with Crippen LogP contribution in [0, 0.1) is 5.41 Å². The number of hydrogen-bond donors (Lipinski definition) is 1. The first-order valence-electron chi connectivity index (χ1n) is 11.3.